The second-order valence-corrected chi connectivity index (χ2v) is 6.98. The van der Waals surface area contributed by atoms with Crippen molar-refractivity contribution in [2.75, 3.05) is 13.1 Å². The average Bonchev–Trinajstić information content (AvgIpc) is 2.37. The molecule has 0 aromatic heterocycles. The number of nitrogens with one attached hydrogen (secondary N) is 1. The Hall–Kier alpha value is -1.44. The highest BCUT2D eigenvalue weighted by molar-refractivity contribution is 7.89. The number of carbonyl (C=O) groups excluding carboxylic acids is 1. The summed E-state index contributed by atoms with van der Waals surface area (Å²) in [5, 5.41) is 8.57. The van der Waals surface area contributed by atoms with E-state index in [1.54, 1.807) is 12.1 Å². The summed E-state index contributed by atoms with van der Waals surface area (Å²) in [6, 6.07) is 6.42. The van der Waals surface area contributed by atoms with E-state index in [2.05, 4.69) is 0 Å². The number of hydrogen-bond donors (Lipinski definition) is 2. The molecule has 0 bridgehead atoms. The monoisotopic (exact) mass is 300 g/mol. The van der Waals surface area contributed by atoms with E-state index in [0.717, 1.165) is 9.87 Å². The van der Waals surface area contributed by atoms with Crippen molar-refractivity contribution in [2.24, 2.45) is 5.92 Å². The molecule has 2 N–H and O–H groups in total. The fraction of sp³-hybridized carbons (Fsp3) is 0.462. The van der Waals surface area contributed by atoms with Crippen molar-refractivity contribution in [1.29, 1.82) is 0 Å². The highest BCUT2D eigenvalue weighted by Gasteiger charge is 2.27. The molecule has 1 amide bonds. The van der Waals surface area contributed by atoms with E-state index in [1.807, 2.05) is 20.8 Å². The fourth-order valence-corrected chi connectivity index (χ4v) is 3.27. The van der Waals surface area contributed by atoms with Gasteiger partial charge in [-0.1, -0.05) is 31.5 Å². The summed E-state index contributed by atoms with van der Waals surface area (Å²) in [5.41, 5.74) is 2.41. The van der Waals surface area contributed by atoms with Gasteiger partial charge in [-0.3, -0.25) is 10.0 Å². The van der Waals surface area contributed by atoms with E-state index < -0.39 is 22.5 Å². The minimum absolute atomic E-state index is 0.0571. The molecule has 0 aliphatic heterocycles. The number of benzene rings is 1. The van der Waals surface area contributed by atoms with E-state index in [1.165, 1.54) is 17.6 Å². The molecule has 0 unspecified atom stereocenters. The van der Waals surface area contributed by atoms with E-state index in [-0.39, 0.29) is 17.4 Å². The Morgan fingerprint density at radius 1 is 1.30 bits per heavy atom. The highest BCUT2D eigenvalue weighted by atomic mass is 32.2. The molecular formula is C13H20N2O4S. The molecule has 1 aromatic carbocycles. The third-order valence-electron chi connectivity index (χ3n) is 2.67. The van der Waals surface area contributed by atoms with Gasteiger partial charge in [-0.15, -0.1) is 0 Å². The van der Waals surface area contributed by atoms with Crippen LogP contribution in [0.4, 0.5) is 0 Å². The van der Waals surface area contributed by atoms with Gasteiger partial charge >= 0.3 is 0 Å². The summed E-state index contributed by atoms with van der Waals surface area (Å²) in [4.78, 5) is 11.4. The Balaban J connectivity index is 3.09. The van der Waals surface area contributed by atoms with Gasteiger partial charge in [-0.2, -0.15) is 4.31 Å². The molecule has 6 nitrogen and oxygen atoms in total. The van der Waals surface area contributed by atoms with Crippen molar-refractivity contribution < 1.29 is 18.4 Å². The minimum Gasteiger partial charge on any atom is -0.289 e. The van der Waals surface area contributed by atoms with Gasteiger partial charge in [0.25, 0.3) is 5.91 Å². The molecule has 1 rings (SSSR count). The molecule has 0 aliphatic carbocycles. The standard InChI is InChI=1S/C13H20N2O4S/c1-10(2)8-15(9-13(16)14-17)20(18,19)12-6-4-11(3)5-7-12/h4-7,10,17H,8-9H2,1-3H3,(H,14,16). The maximum Gasteiger partial charge on any atom is 0.258 e. The number of hydroxylamine groups is 1. The molecule has 0 fully saturated rings. The van der Waals surface area contributed by atoms with Crippen LogP contribution in [0.15, 0.2) is 29.2 Å². The lowest BCUT2D eigenvalue weighted by atomic mass is 10.2. The van der Waals surface area contributed by atoms with Gasteiger partial charge in [0.1, 0.15) is 0 Å². The Bertz CT molecular complexity index is 552. The van der Waals surface area contributed by atoms with E-state index >= 15 is 0 Å². The molecule has 7 heteroatoms. The van der Waals surface area contributed by atoms with Crippen LogP contribution in [0, 0.1) is 12.8 Å². The third kappa shape index (κ3) is 4.29. The predicted molar refractivity (Wildman–Crippen MR) is 74.7 cm³/mol. The van der Waals surface area contributed by atoms with Crippen LogP contribution >= 0.6 is 0 Å². The molecular weight excluding hydrogens is 280 g/mol. The van der Waals surface area contributed by atoms with Crippen LogP contribution in [0.5, 0.6) is 0 Å². The van der Waals surface area contributed by atoms with Crippen LogP contribution in [0.1, 0.15) is 19.4 Å². The molecule has 1 aromatic rings. The highest BCUT2D eigenvalue weighted by Crippen LogP contribution is 2.17. The zero-order valence-corrected chi connectivity index (χ0v) is 12.6. The maximum atomic E-state index is 12.5. The number of nitrogens with zero attached hydrogens (tertiary/aromatic N) is 1. The molecule has 112 valence electrons. The molecule has 0 aliphatic rings. The van der Waals surface area contributed by atoms with Crippen molar-refractivity contribution in [3.05, 3.63) is 29.8 Å². The van der Waals surface area contributed by atoms with Gasteiger partial charge in [0, 0.05) is 6.54 Å². The molecule has 0 saturated heterocycles. The van der Waals surface area contributed by atoms with Crippen molar-refractivity contribution in [2.45, 2.75) is 25.7 Å². The first kappa shape index (κ1) is 16.6. The lowest BCUT2D eigenvalue weighted by Gasteiger charge is -2.23. The van der Waals surface area contributed by atoms with E-state index in [9.17, 15) is 13.2 Å². The number of aryl methyl sites for hydroxylation is 1. The van der Waals surface area contributed by atoms with Crippen molar-refractivity contribution in [3.8, 4) is 0 Å². The SMILES string of the molecule is Cc1ccc(S(=O)(=O)N(CC(=O)NO)CC(C)C)cc1. The fourth-order valence-electron chi connectivity index (χ4n) is 1.71. The second kappa shape index (κ2) is 6.83. The zero-order chi connectivity index (χ0) is 15.3. The number of amides is 1. The van der Waals surface area contributed by atoms with Crippen molar-refractivity contribution >= 4 is 15.9 Å². The summed E-state index contributed by atoms with van der Waals surface area (Å²) >= 11 is 0. The van der Waals surface area contributed by atoms with Crippen LogP contribution in [0.2, 0.25) is 0 Å². The summed E-state index contributed by atoms with van der Waals surface area (Å²) in [7, 11) is -3.76. The smallest absolute Gasteiger partial charge is 0.258 e. The Kier molecular flexibility index (Phi) is 5.67. The Labute approximate surface area is 119 Å². The van der Waals surface area contributed by atoms with Gasteiger partial charge in [-0.25, -0.2) is 13.9 Å². The molecule has 0 spiro atoms. The molecule has 0 radical (unpaired) electrons. The maximum absolute atomic E-state index is 12.5. The predicted octanol–water partition coefficient (Wildman–Crippen LogP) is 1.15. The third-order valence-corrected chi connectivity index (χ3v) is 4.50. The van der Waals surface area contributed by atoms with Crippen LogP contribution in [0.3, 0.4) is 0 Å². The average molecular weight is 300 g/mol. The number of sulfonamides is 1. The topological polar surface area (TPSA) is 86.7 Å². The van der Waals surface area contributed by atoms with Gasteiger partial charge in [-0.05, 0) is 25.0 Å². The van der Waals surface area contributed by atoms with E-state index in [4.69, 9.17) is 5.21 Å². The van der Waals surface area contributed by atoms with Gasteiger partial charge in [0.2, 0.25) is 10.0 Å². The van der Waals surface area contributed by atoms with Crippen molar-refractivity contribution in [1.82, 2.24) is 9.79 Å². The van der Waals surface area contributed by atoms with Crippen LogP contribution < -0.4 is 5.48 Å². The lowest BCUT2D eigenvalue weighted by Crippen LogP contribution is -2.41. The summed E-state index contributed by atoms with van der Waals surface area (Å²) in [6.45, 7) is 5.36. The van der Waals surface area contributed by atoms with Gasteiger partial charge < -0.3 is 0 Å². The second-order valence-electron chi connectivity index (χ2n) is 5.04. The zero-order valence-electron chi connectivity index (χ0n) is 11.8. The summed E-state index contributed by atoms with van der Waals surface area (Å²) in [5.74, 6) is -0.706. The first-order valence-corrected chi connectivity index (χ1v) is 7.71. The van der Waals surface area contributed by atoms with E-state index in [0.29, 0.717) is 0 Å². The first-order chi connectivity index (χ1) is 9.27. The van der Waals surface area contributed by atoms with Crippen LogP contribution in [-0.4, -0.2) is 36.9 Å². The molecule has 20 heavy (non-hydrogen) atoms. The number of hydrogen-bond acceptors (Lipinski definition) is 4. The number of rotatable bonds is 6. The quantitative estimate of drug-likeness (QED) is 0.609. The normalized spacial score (nSPS) is 11.9. The lowest BCUT2D eigenvalue weighted by molar-refractivity contribution is -0.129. The molecule has 0 saturated carbocycles. The van der Waals surface area contributed by atoms with Crippen LogP contribution in [-0.2, 0) is 14.8 Å². The largest absolute Gasteiger partial charge is 0.289 e. The first-order valence-electron chi connectivity index (χ1n) is 6.27. The Morgan fingerprint density at radius 2 is 1.85 bits per heavy atom. The van der Waals surface area contributed by atoms with Crippen molar-refractivity contribution in [3.63, 3.8) is 0 Å². The molecule has 0 heterocycles. The summed E-state index contributed by atoms with van der Waals surface area (Å²) < 4.78 is 26.1. The Morgan fingerprint density at radius 3 is 2.30 bits per heavy atom. The van der Waals surface area contributed by atoms with Crippen LogP contribution in [0.25, 0.3) is 0 Å². The van der Waals surface area contributed by atoms with Gasteiger partial charge in [0.05, 0.1) is 11.4 Å². The van der Waals surface area contributed by atoms with Gasteiger partial charge in [0.15, 0.2) is 0 Å². The minimum atomic E-state index is -3.76. The molecule has 0 atom stereocenters. The number of carbonyl (C=O) groups is 1. The summed E-state index contributed by atoms with van der Waals surface area (Å²) in [6.07, 6.45) is 0.